The van der Waals surface area contributed by atoms with Gasteiger partial charge in [-0.05, 0) is 85.5 Å². The summed E-state index contributed by atoms with van der Waals surface area (Å²) in [6.07, 6.45) is 2.46. The predicted octanol–water partition coefficient (Wildman–Crippen LogP) is 5.18. The van der Waals surface area contributed by atoms with E-state index in [1.807, 2.05) is 43.3 Å². The molecule has 0 atom stereocenters. The summed E-state index contributed by atoms with van der Waals surface area (Å²) in [5.41, 5.74) is 13.2. The lowest BCUT2D eigenvalue weighted by Crippen LogP contribution is -2.39. The van der Waals surface area contributed by atoms with E-state index in [0.29, 0.717) is 36.6 Å². The smallest absolute Gasteiger partial charge is 0.326 e. The van der Waals surface area contributed by atoms with E-state index in [9.17, 15) is 14.0 Å². The van der Waals surface area contributed by atoms with Gasteiger partial charge in [-0.2, -0.15) is 0 Å². The number of piperidine rings is 1. The highest BCUT2D eigenvalue weighted by Crippen LogP contribution is 2.28. The number of urea groups is 1. The van der Waals surface area contributed by atoms with Gasteiger partial charge in [0.1, 0.15) is 5.82 Å². The number of hydrazine groups is 1. The first-order chi connectivity index (χ1) is 16.4. The van der Waals surface area contributed by atoms with E-state index in [4.69, 9.17) is 5.73 Å². The maximum Gasteiger partial charge on any atom is 0.345 e. The largest absolute Gasteiger partial charge is 0.345 e. The average Bonchev–Trinajstić information content (AvgIpc) is 2.84. The van der Waals surface area contributed by atoms with Crippen LogP contribution in [-0.4, -0.2) is 18.5 Å². The standard InChI is InChI=1S/C26H28FN5O2/c1-18-15-21(10-13-24(18)31-14-3-2-7-25(31)33)29-26(34)32(23-11-8-20(27)9-12-23)30-22-6-4-5-19(16-22)17-28/h4-6,8-13,15-16,30H,2-3,7,14,17,28H2,1H3,(H,29,34). The number of rotatable bonds is 6. The SMILES string of the molecule is Cc1cc(NC(=O)N(Nc2cccc(CN)c2)c2ccc(F)cc2)ccc1N1CCCCC1=O. The van der Waals surface area contributed by atoms with Crippen LogP contribution in [0.4, 0.5) is 31.9 Å². The predicted molar refractivity (Wildman–Crippen MR) is 133 cm³/mol. The zero-order valence-corrected chi connectivity index (χ0v) is 19.1. The van der Waals surface area contributed by atoms with E-state index >= 15 is 0 Å². The van der Waals surface area contributed by atoms with Crippen molar-refractivity contribution in [3.63, 3.8) is 0 Å². The molecule has 0 aromatic heterocycles. The van der Waals surface area contributed by atoms with Crippen molar-refractivity contribution in [3.05, 3.63) is 83.7 Å². The average molecular weight is 462 g/mol. The number of carbonyl (C=O) groups excluding carboxylic acids is 2. The van der Waals surface area contributed by atoms with E-state index in [0.717, 1.165) is 29.7 Å². The van der Waals surface area contributed by atoms with Gasteiger partial charge in [0.25, 0.3) is 0 Å². The van der Waals surface area contributed by atoms with Crippen LogP contribution in [0.5, 0.6) is 0 Å². The van der Waals surface area contributed by atoms with Crippen molar-refractivity contribution in [2.75, 3.05) is 27.2 Å². The fraction of sp³-hybridized carbons (Fsp3) is 0.231. The molecule has 1 aliphatic heterocycles. The first kappa shape index (κ1) is 23.3. The number of halogens is 1. The van der Waals surface area contributed by atoms with Crippen LogP contribution in [-0.2, 0) is 11.3 Å². The molecule has 4 N–H and O–H groups in total. The fourth-order valence-corrected chi connectivity index (χ4v) is 4.00. The van der Waals surface area contributed by atoms with Crippen LogP contribution in [0.2, 0.25) is 0 Å². The second-order valence-corrected chi connectivity index (χ2v) is 8.26. The molecule has 0 spiro atoms. The Labute approximate surface area is 198 Å². The second-order valence-electron chi connectivity index (χ2n) is 8.26. The van der Waals surface area contributed by atoms with Gasteiger partial charge >= 0.3 is 6.03 Å². The zero-order valence-electron chi connectivity index (χ0n) is 19.1. The van der Waals surface area contributed by atoms with Crippen molar-refractivity contribution in [2.45, 2.75) is 32.7 Å². The van der Waals surface area contributed by atoms with Crippen molar-refractivity contribution < 1.29 is 14.0 Å². The maximum absolute atomic E-state index is 13.5. The van der Waals surface area contributed by atoms with E-state index < -0.39 is 11.8 Å². The molecule has 7 nitrogen and oxygen atoms in total. The molecule has 0 bridgehead atoms. The minimum atomic E-state index is -0.453. The van der Waals surface area contributed by atoms with Gasteiger partial charge in [-0.15, -0.1) is 0 Å². The topological polar surface area (TPSA) is 90.7 Å². The Bertz CT molecular complexity index is 1180. The quantitative estimate of drug-likeness (QED) is 0.442. The number of anilines is 4. The summed E-state index contributed by atoms with van der Waals surface area (Å²) < 4.78 is 13.5. The van der Waals surface area contributed by atoms with Crippen molar-refractivity contribution >= 4 is 34.7 Å². The highest BCUT2D eigenvalue weighted by molar-refractivity contribution is 6.03. The van der Waals surface area contributed by atoms with Gasteiger partial charge in [-0.1, -0.05) is 12.1 Å². The summed E-state index contributed by atoms with van der Waals surface area (Å²) in [5.74, 6) is -0.273. The van der Waals surface area contributed by atoms with Crippen molar-refractivity contribution in [3.8, 4) is 0 Å². The lowest BCUT2D eigenvalue weighted by Gasteiger charge is -2.29. The minimum Gasteiger partial charge on any atom is -0.326 e. The molecule has 0 aliphatic carbocycles. The molecule has 3 amide bonds. The van der Waals surface area contributed by atoms with Crippen LogP contribution in [0.1, 0.15) is 30.4 Å². The van der Waals surface area contributed by atoms with Gasteiger partial charge in [-0.3, -0.25) is 10.2 Å². The Morgan fingerprint density at radius 3 is 2.56 bits per heavy atom. The molecule has 0 saturated carbocycles. The number of amides is 3. The molecule has 4 rings (SSSR count). The summed E-state index contributed by atoms with van der Waals surface area (Å²) >= 11 is 0. The molecule has 3 aromatic rings. The summed E-state index contributed by atoms with van der Waals surface area (Å²) in [5, 5.41) is 4.20. The number of nitrogens with zero attached hydrogens (tertiary/aromatic N) is 2. The van der Waals surface area contributed by atoms with Crippen LogP contribution in [0.15, 0.2) is 66.7 Å². The van der Waals surface area contributed by atoms with Gasteiger partial charge < -0.3 is 16.0 Å². The number of aryl methyl sites for hydroxylation is 1. The van der Waals surface area contributed by atoms with E-state index in [1.54, 1.807) is 11.0 Å². The van der Waals surface area contributed by atoms with Gasteiger partial charge in [0.05, 0.1) is 11.4 Å². The third-order valence-corrected chi connectivity index (χ3v) is 5.75. The van der Waals surface area contributed by atoms with Gasteiger partial charge in [0, 0.05) is 30.9 Å². The number of nitrogens with two attached hydrogens (primary N) is 1. The Morgan fingerprint density at radius 2 is 1.85 bits per heavy atom. The van der Waals surface area contributed by atoms with E-state index in [-0.39, 0.29) is 5.91 Å². The van der Waals surface area contributed by atoms with Crippen molar-refractivity contribution in [1.82, 2.24) is 0 Å². The third-order valence-electron chi connectivity index (χ3n) is 5.75. The van der Waals surface area contributed by atoms with Gasteiger partial charge in [0.15, 0.2) is 0 Å². The van der Waals surface area contributed by atoms with Gasteiger partial charge in [0.2, 0.25) is 5.91 Å². The van der Waals surface area contributed by atoms with Crippen LogP contribution < -0.4 is 26.4 Å². The monoisotopic (exact) mass is 461 g/mol. The number of carbonyl (C=O) groups is 2. The lowest BCUT2D eigenvalue weighted by atomic mass is 10.1. The normalized spacial score (nSPS) is 13.5. The molecule has 3 aromatic carbocycles. The van der Waals surface area contributed by atoms with Crippen LogP contribution in [0.3, 0.4) is 0 Å². The Morgan fingerprint density at radius 1 is 1.06 bits per heavy atom. The molecule has 1 saturated heterocycles. The van der Waals surface area contributed by atoms with Crippen molar-refractivity contribution in [1.29, 1.82) is 0 Å². The van der Waals surface area contributed by atoms with E-state index in [2.05, 4.69) is 10.7 Å². The molecular weight excluding hydrogens is 433 g/mol. The fourth-order valence-electron chi connectivity index (χ4n) is 4.00. The van der Waals surface area contributed by atoms with Crippen molar-refractivity contribution in [2.24, 2.45) is 5.73 Å². The van der Waals surface area contributed by atoms with Crippen LogP contribution >= 0.6 is 0 Å². The van der Waals surface area contributed by atoms with E-state index in [1.165, 1.54) is 29.3 Å². The number of hydrogen-bond acceptors (Lipinski definition) is 4. The summed E-state index contributed by atoms with van der Waals surface area (Å²) in [4.78, 5) is 27.4. The second kappa shape index (κ2) is 10.4. The first-order valence-electron chi connectivity index (χ1n) is 11.3. The lowest BCUT2D eigenvalue weighted by molar-refractivity contribution is -0.119. The Balaban J connectivity index is 1.57. The Hall–Kier alpha value is -3.91. The van der Waals surface area contributed by atoms with Crippen LogP contribution in [0, 0.1) is 12.7 Å². The molecular formula is C26H28FN5O2. The minimum absolute atomic E-state index is 0.123. The zero-order chi connectivity index (χ0) is 24.1. The molecule has 176 valence electrons. The Kier molecular flexibility index (Phi) is 7.08. The first-order valence-corrected chi connectivity index (χ1v) is 11.3. The summed E-state index contributed by atoms with van der Waals surface area (Å²) in [6, 6.07) is 18.0. The molecule has 1 heterocycles. The molecule has 8 heteroatoms. The molecule has 0 unspecified atom stereocenters. The molecule has 34 heavy (non-hydrogen) atoms. The highest BCUT2D eigenvalue weighted by atomic mass is 19.1. The van der Waals surface area contributed by atoms with Crippen LogP contribution in [0.25, 0.3) is 0 Å². The molecule has 0 radical (unpaired) electrons. The summed E-state index contributed by atoms with van der Waals surface area (Å²) in [6.45, 7) is 2.99. The third kappa shape index (κ3) is 5.35. The number of nitrogens with one attached hydrogen (secondary N) is 2. The number of hydrogen-bond donors (Lipinski definition) is 3. The molecule has 1 fully saturated rings. The maximum atomic E-state index is 13.5. The molecule has 1 aliphatic rings. The summed E-state index contributed by atoms with van der Waals surface area (Å²) in [7, 11) is 0. The highest BCUT2D eigenvalue weighted by Gasteiger charge is 2.22. The van der Waals surface area contributed by atoms with Gasteiger partial charge in [-0.25, -0.2) is 14.2 Å². The number of benzene rings is 3.